The summed E-state index contributed by atoms with van der Waals surface area (Å²) in [6.07, 6.45) is 1.70. The topological polar surface area (TPSA) is 66.7 Å². The molecule has 0 aliphatic heterocycles. The van der Waals surface area contributed by atoms with Crippen LogP contribution in [0.15, 0.2) is 42.6 Å². The van der Waals surface area contributed by atoms with E-state index in [1.165, 1.54) is 4.90 Å². The van der Waals surface area contributed by atoms with Gasteiger partial charge in [-0.15, -0.1) is 0 Å². The van der Waals surface area contributed by atoms with Crippen molar-refractivity contribution in [1.82, 2.24) is 14.3 Å². The van der Waals surface area contributed by atoms with Crippen molar-refractivity contribution >= 4 is 23.1 Å². The molecule has 0 unspecified atom stereocenters. The molecule has 0 saturated carbocycles. The van der Waals surface area contributed by atoms with Crippen LogP contribution in [0.3, 0.4) is 0 Å². The molecule has 2 amide bonds. The van der Waals surface area contributed by atoms with E-state index in [4.69, 9.17) is 0 Å². The van der Waals surface area contributed by atoms with E-state index in [1.54, 1.807) is 13.2 Å². The van der Waals surface area contributed by atoms with Gasteiger partial charge in [0.05, 0.1) is 6.54 Å². The number of para-hydroxylation sites is 1. The number of pyridine rings is 1. The van der Waals surface area contributed by atoms with Gasteiger partial charge in [-0.3, -0.25) is 9.59 Å². The highest BCUT2D eigenvalue weighted by Gasteiger charge is 2.19. The molecule has 0 aliphatic carbocycles. The number of hydrogen-bond donors (Lipinski definition) is 1. The molecule has 26 heavy (non-hydrogen) atoms. The molecule has 0 aliphatic rings. The lowest BCUT2D eigenvalue weighted by Crippen LogP contribution is -2.35. The third-order valence-corrected chi connectivity index (χ3v) is 4.39. The third-order valence-electron chi connectivity index (χ3n) is 4.39. The molecule has 3 aromatic rings. The molecule has 0 fully saturated rings. The Morgan fingerprint density at radius 1 is 1.08 bits per heavy atom. The van der Waals surface area contributed by atoms with Crippen molar-refractivity contribution in [2.45, 2.75) is 20.8 Å². The minimum absolute atomic E-state index is 0.0422. The maximum absolute atomic E-state index is 12.6. The number of amides is 2. The third kappa shape index (κ3) is 3.44. The number of nitrogens with one attached hydrogen (secondary N) is 1. The van der Waals surface area contributed by atoms with Crippen LogP contribution in [0, 0.1) is 20.8 Å². The molecule has 0 spiro atoms. The average Bonchev–Trinajstić information content (AvgIpc) is 3.03. The van der Waals surface area contributed by atoms with Crippen LogP contribution in [-0.2, 0) is 4.79 Å². The van der Waals surface area contributed by atoms with Crippen LogP contribution in [-0.4, -0.2) is 39.7 Å². The van der Waals surface area contributed by atoms with Gasteiger partial charge in [0, 0.05) is 24.6 Å². The van der Waals surface area contributed by atoms with Gasteiger partial charge in [-0.25, -0.2) is 4.98 Å². The Labute approximate surface area is 152 Å². The molecule has 1 N–H and O–H groups in total. The summed E-state index contributed by atoms with van der Waals surface area (Å²) in [5, 5.41) is 2.89. The highest BCUT2D eigenvalue weighted by Crippen LogP contribution is 2.19. The number of carbonyl (C=O) groups is 2. The predicted octanol–water partition coefficient (Wildman–Crippen LogP) is 2.97. The van der Waals surface area contributed by atoms with Crippen LogP contribution in [0.2, 0.25) is 0 Å². The van der Waals surface area contributed by atoms with Crippen molar-refractivity contribution in [3.63, 3.8) is 0 Å². The van der Waals surface area contributed by atoms with Crippen molar-refractivity contribution in [2.75, 3.05) is 18.9 Å². The van der Waals surface area contributed by atoms with E-state index in [2.05, 4.69) is 10.3 Å². The molecule has 134 valence electrons. The number of nitrogens with zero attached hydrogens (tertiary/aromatic N) is 3. The summed E-state index contributed by atoms with van der Waals surface area (Å²) in [4.78, 5) is 30.7. The summed E-state index contributed by atoms with van der Waals surface area (Å²) in [6, 6.07) is 11.5. The number of rotatable bonds is 4. The Hall–Kier alpha value is -3.15. The van der Waals surface area contributed by atoms with Crippen molar-refractivity contribution in [1.29, 1.82) is 0 Å². The van der Waals surface area contributed by atoms with E-state index in [0.29, 0.717) is 11.3 Å². The summed E-state index contributed by atoms with van der Waals surface area (Å²) in [5.41, 5.74) is 4.79. The zero-order valence-electron chi connectivity index (χ0n) is 15.4. The Balaban J connectivity index is 1.72. The number of likely N-dealkylation sites (N-methyl/N-ethyl adjacent to an activating group) is 1. The fraction of sp³-hybridized carbons (Fsp3) is 0.250. The predicted molar refractivity (Wildman–Crippen MR) is 101 cm³/mol. The molecule has 6 nitrogen and oxygen atoms in total. The van der Waals surface area contributed by atoms with Gasteiger partial charge in [0.15, 0.2) is 0 Å². The second-order valence-electron chi connectivity index (χ2n) is 6.50. The number of carbonyl (C=O) groups excluding carboxylic acids is 2. The van der Waals surface area contributed by atoms with Crippen molar-refractivity contribution < 1.29 is 9.59 Å². The van der Waals surface area contributed by atoms with E-state index in [9.17, 15) is 9.59 Å². The Morgan fingerprint density at radius 2 is 1.73 bits per heavy atom. The quantitative estimate of drug-likeness (QED) is 0.787. The van der Waals surface area contributed by atoms with Gasteiger partial charge in [-0.2, -0.15) is 0 Å². The van der Waals surface area contributed by atoms with Crippen LogP contribution >= 0.6 is 0 Å². The Bertz CT molecular complexity index is 970. The highest BCUT2D eigenvalue weighted by molar-refractivity contribution is 5.99. The Kier molecular flexibility index (Phi) is 4.75. The van der Waals surface area contributed by atoms with Gasteiger partial charge in [0.2, 0.25) is 5.91 Å². The molecule has 0 atom stereocenters. The monoisotopic (exact) mass is 350 g/mol. The summed E-state index contributed by atoms with van der Waals surface area (Å²) in [7, 11) is 1.60. The summed E-state index contributed by atoms with van der Waals surface area (Å²) >= 11 is 0. The number of anilines is 1. The van der Waals surface area contributed by atoms with Gasteiger partial charge in [-0.05, 0) is 44.0 Å². The van der Waals surface area contributed by atoms with E-state index in [1.807, 2.05) is 61.6 Å². The molecular formula is C20H22N4O2. The largest absolute Gasteiger partial charge is 0.331 e. The fourth-order valence-electron chi connectivity index (χ4n) is 2.92. The maximum Gasteiger partial charge on any atom is 0.274 e. The average molecular weight is 350 g/mol. The molecule has 3 rings (SSSR count). The van der Waals surface area contributed by atoms with Crippen LogP contribution in [0.1, 0.15) is 27.3 Å². The number of hydrogen-bond acceptors (Lipinski definition) is 3. The summed E-state index contributed by atoms with van der Waals surface area (Å²) in [5.74, 6) is -0.525. The van der Waals surface area contributed by atoms with Crippen LogP contribution in [0.4, 0.5) is 5.69 Å². The standard InChI is InChI=1S/C20H22N4O2/c1-13-7-5-8-14(2)19(13)22-18(25)12-23(4)20(26)16-11-24-15(3)9-6-10-17(24)21-16/h5-11H,12H2,1-4H3,(H,22,25). The van der Waals surface area contributed by atoms with Crippen LogP contribution < -0.4 is 5.32 Å². The maximum atomic E-state index is 12.6. The SMILES string of the molecule is Cc1cccc(C)c1NC(=O)CN(C)C(=O)c1cn2c(C)cccc2n1. The second-order valence-corrected chi connectivity index (χ2v) is 6.50. The van der Waals surface area contributed by atoms with E-state index >= 15 is 0 Å². The molecule has 1 aromatic carbocycles. The molecule has 2 heterocycles. The molecular weight excluding hydrogens is 328 g/mol. The number of fused-ring (bicyclic) bond motifs is 1. The first kappa shape index (κ1) is 17.7. The lowest BCUT2D eigenvalue weighted by atomic mass is 10.1. The van der Waals surface area contributed by atoms with Crippen LogP contribution in [0.25, 0.3) is 5.65 Å². The van der Waals surface area contributed by atoms with Gasteiger partial charge in [-0.1, -0.05) is 24.3 Å². The van der Waals surface area contributed by atoms with E-state index < -0.39 is 0 Å². The van der Waals surface area contributed by atoms with Crippen molar-refractivity contribution in [2.24, 2.45) is 0 Å². The van der Waals surface area contributed by atoms with Crippen molar-refractivity contribution in [3.8, 4) is 0 Å². The number of aromatic nitrogens is 2. The Morgan fingerprint density at radius 3 is 2.38 bits per heavy atom. The van der Waals surface area contributed by atoms with Crippen LogP contribution in [0.5, 0.6) is 0 Å². The first-order valence-electron chi connectivity index (χ1n) is 8.43. The van der Waals surface area contributed by atoms with Gasteiger partial charge >= 0.3 is 0 Å². The van der Waals surface area contributed by atoms with Crippen molar-refractivity contribution in [3.05, 3.63) is 65.1 Å². The number of aryl methyl sites for hydroxylation is 3. The lowest BCUT2D eigenvalue weighted by Gasteiger charge is -2.17. The second kappa shape index (κ2) is 7.00. The lowest BCUT2D eigenvalue weighted by molar-refractivity contribution is -0.116. The summed E-state index contributed by atoms with van der Waals surface area (Å²) < 4.78 is 1.86. The number of imidazole rings is 1. The normalized spacial score (nSPS) is 10.8. The summed E-state index contributed by atoms with van der Waals surface area (Å²) in [6.45, 7) is 5.79. The molecule has 6 heteroatoms. The molecule has 0 saturated heterocycles. The smallest absolute Gasteiger partial charge is 0.274 e. The molecule has 2 aromatic heterocycles. The van der Waals surface area contributed by atoms with Gasteiger partial charge in [0.1, 0.15) is 11.3 Å². The molecule has 0 radical (unpaired) electrons. The van der Waals surface area contributed by atoms with Gasteiger partial charge in [0.25, 0.3) is 5.91 Å². The highest BCUT2D eigenvalue weighted by atomic mass is 16.2. The fourth-order valence-corrected chi connectivity index (χ4v) is 2.92. The minimum Gasteiger partial charge on any atom is -0.331 e. The zero-order chi connectivity index (χ0) is 18.8. The first-order chi connectivity index (χ1) is 12.4. The minimum atomic E-state index is -0.287. The van der Waals surface area contributed by atoms with E-state index in [-0.39, 0.29) is 18.4 Å². The number of benzene rings is 1. The van der Waals surface area contributed by atoms with E-state index in [0.717, 1.165) is 22.5 Å². The van der Waals surface area contributed by atoms with Gasteiger partial charge < -0.3 is 14.6 Å². The molecule has 0 bridgehead atoms. The first-order valence-corrected chi connectivity index (χ1v) is 8.43. The zero-order valence-corrected chi connectivity index (χ0v) is 15.4.